The molecule has 4 heteroatoms. The molecule has 0 amide bonds. The zero-order valence-electron chi connectivity index (χ0n) is 16.7. The van der Waals surface area contributed by atoms with E-state index in [0.717, 1.165) is 42.5 Å². The van der Waals surface area contributed by atoms with Gasteiger partial charge in [-0.3, -0.25) is 0 Å². The highest BCUT2D eigenvalue weighted by Gasteiger charge is 2.31. The van der Waals surface area contributed by atoms with Crippen molar-refractivity contribution in [2.24, 2.45) is 0 Å². The first-order valence-corrected chi connectivity index (χ1v) is 10.2. The van der Waals surface area contributed by atoms with E-state index < -0.39 is 5.60 Å². The number of ether oxygens (including phenoxy) is 1. The number of hydrogen-bond donors (Lipinski definition) is 2. The van der Waals surface area contributed by atoms with Crippen LogP contribution in [-0.4, -0.2) is 32.4 Å². The molecule has 2 aromatic carbocycles. The number of benzene rings is 2. The molecule has 2 aromatic rings. The van der Waals surface area contributed by atoms with E-state index in [2.05, 4.69) is 36.5 Å². The van der Waals surface area contributed by atoms with E-state index in [1.165, 1.54) is 5.56 Å². The van der Waals surface area contributed by atoms with Crippen LogP contribution in [0, 0.1) is 0 Å². The van der Waals surface area contributed by atoms with Crippen LogP contribution < -0.4 is 5.32 Å². The quantitative estimate of drug-likeness (QED) is 0.520. The van der Waals surface area contributed by atoms with Gasteiger partial charge < -0.3 is 15.2 Å². The van der Waals surface area contributed by atoms with Crippen LogP contribution in [0.4, 0.5) is 0 Å². The van der Waals surface area contributed by atoms with Gasteiger partial charge in [-0.15, -0.1) is 0 Å². The Hall–Kier alpha value is -1.39. The Kier molecular flexibility index (Phi) is 8.78. The summed E-state index contributed by atoms with van der Waals surface area (Å²) in [6.07, 6.45) is 4.11. The minimum absolute atomic E-state index is 0.636. The third-order valence-corrected chi connectivity index (χ3v) is 5.43. The van der Waals surface area contributed by atoms with Crippen molar-refractivity contribution < 1.29 is 9.84 Å². The van der Waals surface area contributed by atoms with Crippen molar-refractivity contribution >= 4 is 11.6 Å². The van der Waals surface area contributed by atoms with Crippen molar-refractivity contribution in [3.05, 3.63) is 58.6 Å². The summed E-state index contributed by atoms with van der Waals surface area (Å²) in [6.45, 7) is 3.59. The Morgan fingerprint density at radius 3 is 2.59 bits per heavy atom. The van der Waals surface area contributed by atoms with Crippen LogP contribution in [0.15, 0.2) is 42.5 Å². The number of halogens is 1. The molecule has 0 bridgehead atoms. The van der Waals surface area contributed by atoms with Crippen LogP contribution in [0.5, 0.6) is 0 Å². The summed E-state index contributed by atoms with van der Waals surface area (Å²) in [5.74, 6) is 0. The molecule has 148 valence electrons. The SMILES string of the molecule is CCc1cccc(-c2c(Cl)cccc2C(O)(CCCCOC)CCNC)c1. The predicted octanol–water partition coefficient (Wildman–Crippen LogP) is 5.18. The van der Waals surface area contributed by atoms with Gasteiger partial charge in [0.05, 0.1) is 5.60 Å². The maximum Gasteiger partial charge on any atom is 0.0915 e. The Bertz CT molecular complexity index is 719. The fraction of sp³-hybridized carbons (Fsp3) is 0.478. The zero-order chi connectivity index (χ0) is 19.7. The first-order valence-electron chi connectivity index (χ1n) is 9.80. The smallest absolute Gasteiger partial charge is 0.0915 e. The summed E-state index contributed by atoms with van der Waals surface area (Å²) >= 11 is 6.64. The number of nitrogens with one attached hydrogen (secondary N) is 1. The highest BCUT2D eigenvalue weighted by atomic mass is 35.5. The van der Waals surface area contributed by atoms with E-state index in [4.69, 9.17) is 16.3 Å². The minimum atomic E-state index is -0.931. The lowest BCUT2D eigenvalue weighted by molar-refractivity contribution is 0.0157. The molecule has 27 heavy (non-hydrogen) atoms. The van der Waals surface area contributed by atoms with E-state index in [9.17, 15) is 5.11 Å². The predicted molar refractivity (Wildman–Crippen MR) is 114 cm³/mol. The summed E-state index contributed by atoms with van der Waals surface area (Å²) < 4.78 is 5.17. The monoisotopic (exact) mass is 389 g/mol. The molecular weight excluding hydrogens is 358 g/mol. The molecule has 1 atom stereocenters. The fourth-order valence-corrected chi connectivity index (χ4v) is 3.83. The molecule has 0 spiro atoms. The van der Waals surface area contributed by atoms with Crippen LogP contribution >= 0.6 is 11.6 Å². The Labute approximate surface area is 168 Å². The first-order chi connectivity index (χ1) is 13.1. The van der Waals surface area contributed by atoms with Crippen molar-refractivity contribution in [3.8, 4) is 11.1 Å². The molecule has 3 nitrogen and oxygen atoms in total. The average molecular weight is 390 g/mol. The Morgan fingerprint density at radius 1 is 1.11 bits per heavy atom. The van der Waals surface area contributed by atoms with Crippen molar-refractivity contribution in [3.63, 3.8) is 0 Å². The van der Waals surface area contributed by atoms with E-state index in [1.54, 1.807) is 7.11 Å². The lowest BCUT2D eigenvalue weighted by Gasteiger charge is -2.31. The third kappa shape index (κ3) is 5.79. The topological polar surface area (TPSA) is 41.5 Å². The van der Waals surface area contributed by atoms with E-state index in [1.807, 2.05) is 25.2 Å². The van der Waals surface area contributed by atoms with Crippen LogP contribution in [0.25, 0.3) is 11.1 Å². The van der Waals surface area contributed by atoms with E-state index in [-0.39, 0.29) is 0 Å². The van der Waals surface area contributed by atoms with Crippen molar-refractivity contribution in [1.29, 1.82) is 0 Å². The number of aliphatic hydroxyl groups is 1. The van der Waals surface area contributed by atoms with Crippen molar-refractivity contribution in [2.75, 3.05) is 27.3 Å². The lowest BCUT2D eigenvalue weighted by Crippen LogP contribution is -2.31. The van der Waals surface area contributed by atoms with E-state index >= 15 is 0 Å². The Balaban J connectivity index is 2.47. The number of methoxy groups -OCH3 is 1. The molecule has 0 saturated heterocycles. The van der Waals surface area contributed by atoms with Gasteiger partial charge in [0, 0.05) is 24.3 Å². The maximum atomic E-state index is 11.7. The molecule has 0 saturated carbocycles. The molecule has 0 heterocycles. The van der Waals surface area contributed by atoms with Crippen LogP contribution in [-0.2, 0) is 16.8 Å². The molecule has 0 fully saturated rings. The van der Waals surface area contributed by atoms with Gasteiger partial charge in [0.15, 0.2) is 0 Å². The highest BCUT2D eigenvalue weighted by molar-refractivity contribution is 6.33. The van der Waals surface area contributed by atoms with Gasteiger partial charge in [-0.25, -0.2) is 0 Å². The average Bonchev–Trinajstić information content (AvgIpc) is 2.69. The molecule has 0 radical (unpaired) electrons. The number of hydrogen-bond acceptors (Lipinski definition) is 3. The summed E-state index contributed by atoms with van der Waals surface area (Å²) in [6, 6.07) is 14.3. The summed E-state index contributed by atoms with van der Waals surface area (Å²) in [5, 5.41) is 15.5. The molecule has 2 rings (SSSR count). The van der Waals surface area contributed by atoms with Crippen molar-refractivity contribution in [1.82, 2.24) is 5.32 Å². The van der Waals surface area contributed by atoms with Gasteiger partial charge in [0.25, 0.3) is 0 Å². The van der Waals surface area contributed by atoms with Gasteiger partial charge in [0.1, 0.15) is 0 Å². The molecule has 0 aromatic heterocycles. The number of unbranched alkanes of at least 4 members (excludes halogenated alkanes) is 1. The number of rotatable bonds is 11. The van der Waals surface area contributed by atoms with Crippen LogP contribution in [0.3, 0.4) is 0 Å². The normalized spacial score (nSPS) is 13.5. The molecule has 0 aliphatic carbocycles. The molecule has 0 aliphatic rings. The molecule has 0 aliphatic heterocycles. The van der Waals surface area contributed by atoms with Gasteiger partial charge in [-0.2, -0.15) is 0 Å². The van der Waals surface area contributed by atoms with Crippen LogP contribution in [0.2, 0.25) is 5.02 Å². The van der Waals surface area contributed by atoms with Gasteiger partial charge in [0.2, 0.25) is 0 Å². The minimum Gasteiger partial charge on any atom is -0.385 e. The van der Waals surface area contributed by atoms with Gasteiger partial charge in [-0.1, -0.05) is 54.9 Å². The summed E-state index contributed by atoms with van der Waals surface area (Å²) in [5.41, 5.74) is 3.25. The van der Waals surface area contributed by atoms with Crippen LogP contribution in [0.1, 0.15) is 43.7 Å². The largest absolute Gasteiger partial charge is 0.385 e. The lowest BCUT2D eigenvalue weighted by atomic mass is 9.81. The third-order valence-electron chi connectivity index (χ3n) is 5.12. The fourth-order valence-electron chi connectivity index (χ4n) is 3.54. The highest BCUT2D eigenvalue weighted by Crippen LogP contribution is 2.41. The zero-order valence-corrected chi connectivity index (χ0v) is 17.5. The molecular formula is C23H32ClNO2. The second-order valence-corrected chi connectivity index (χ2v) is 7.46. The summed E-state index contributed by atoms with van der Waals surface area (Å²) in [7, 11) is 3.62. The Morgan fingerprint density at radius 2 is 1.89 bits per heavy atom. The van der Waals surface area contributed by atoms with Crippen molar-refractivity contribution in [2.45, 2.75) is 44.6 Å². The number of aryl methyl sites for hydroxylation is 1. The summed E-state index contributed by atoms with van der Waals surface area (Å²) in [4.78, 5) is 0. The first kappa shape index (κ1) is 21.9. The second-order valence-electron chi connectivity index (χ2n) is 7.05. The van der Waals surface area contributed by atoms with Gasteiger partial charge >= 0.3 is 0 Å². The molecule has 1 unspecified atom stereocenters. The molecule has 2 N–H and O–H groups in total. The van der Waals surface area contributed by atoms with Gasteiger partial charge in [-0.05, 0) is 68.5 Å². The standard InChI is InChI=1S/C23H32ClNO2/c1-4-18-9-7-10-19(17-18)22-20(11-8-12-21(22)24)23(26,14-15-25-2)13-5-6-16-27-3/h7-12,17,25-26H,4-6,13-16H2,1-3H3. The maximum absolute atomic E-state index is 11.7. The second kappa shape index (κ2) is 10.8. The van der Waals surface area contributed by atoms with E-state index in [0.29, 0.717) is 24.5 Å².